The number of aromatic carboxylic acids is 1. The molecule has 0 atom stereocenters. The zero-order chi connectivity index (χ0) is 13.2. The lowest BCUT2D eigenvalue weighted by Crippen LogP contribution is -2.03. The Morgan fingerprint density at radius 3 is 2.61 bits per heavy atom. The number of anilines is 1. The van der Waals surface area contributed by atoms with E-state index in [2.05, 4.69) is 12.2 Å². The Balaban J connectivity index is 2.19. The number of hydrogen-bond donors (Lipinski definition) is 2. The fourth-order valence-electron chi connectivity index (χ4n) is 1.90. The summed E-state index contributed by atoms with van der Waals surface area (Å²) in [6.07, 6.45) is 7.61. The van der Waals surface area contributed by atoms with Gasteiger partial charge in [-0.15, -0.1) is 0 Å². The third-order valence-electron chi connectivity index (χ3n) is 2.97. The van der Waals surface area contributed by atoms with Crippen molar-refractivity contribution in [2.24, 2.45) is 0 Å². The van der Waals surface area contributed by atoms with E-state index in [0.717, 1.165) is 18.7 Å². The molecule has 0 aliphatic heterocycles. The minimum atomic E-state index is -0.877. The van der Waals surface area contributed by atoms with Gasteiger partial charge in [0.2, 0.25) is 0 Å². The van der Waals surface area contributed by atoms with Crippen LogP contribution < -0.4 is 5.32 Å². The van der Waals surface area contributed by atoms with Crippen LogP contribution in [0.2, 0.25) is 0 Å². The second-order valence-electron chi connectivity index (χ2n) is 4.58. The Morgan fingerprint density at radius 1 is 1.17 bits per heavy atom. The topological polar surface area (TPSA) is 49.3 Å². The van der Waals surface area contributed by atoms with Crippen molar-refractivity contribution in [3.05, 3.63) is 29.8 Å². The van der Waals surface area contributed by atoms with Gasteiger partial charge in [-0.2, -0.15) is 0 Å². The van der Waals surface area contributed by atoms with Gasteiger partial charge in [-0.3, -0.25) is 0 Å². The quantitative estimate of drug-likeness (QED) is 0.646. The highest BCUT2D eigenvalue weighted by atomic mass is 16.4. The van der Waals surface area contributed by atoms with Crippen molar-refractivity contribution in [3.63, 3.8) is 0 Å². The molecule has 0 aromatic heterocycles. The average molecular weight is 249 g/mol. The van der Waals surface area contributed by atoms with Gasteiger partial charge >= 0.3 is 5.97 Å². The highest BCUT2D eigenvalue weighted by Gasteiger charge is 2.02. The van der Waals surface area contributed by atoms with Crippen molar-refractivity contribution in [2.75, 3.05) is 11.9 Å². The molecular formula is C15H23NO2. The molecule has 1 aromatic rings. The van der Waals surface area contributed by atoms with Gasteiger partial charge in [0.15, 0.2) is 0 Å². The third-order valence-corrected chi connectivity index (χ3v) is 2.97. The monoisotopic (exact) mass is 249 g/mol. The maximum atomic E-state index is 10.8. The summed E-state index contributed by atoms with van der Waals surface area (Å²) in [4.78, 5) is 10.8. The average Bonchev–Trinajstić information content (AvgIpc) is 2.38. The first-order valence-electron chi connectivity index (χ1n) is 6.81. The summed E-state index contributed by atoms with van der Waals surface area (Å²) in [6.45, 7) is 3.13. The maximum Gasteiger partial charge on any atom is 0.335 e. The van der Waals surface area contributed by atoms with Crippen molar-refractivity contribution in [3.8, 4) is 0 Å². The lowest BCUT2D eigenvalue weighted by Gasteiger charge is -2.07. The Bertz CT molecular complexity index is 363. The Hall–Kier alpha value is -1.51. The molecule has 0 radical (unpaired) electrons. The van der Waals surface area contributed by atoms with E-state index in [-0.39, 0.29) is 0 Å². The van der Waals surface area contributed by atoms with E-state index >= 15 is 0 Å². The van der Waals surface area contributed by atoms with Crippen LogP contribution in [0.15, 0.2) is 24.3 Å². The van der Waals surface area contributed by atoms with E-state index in [9.17, 15) is 4.79 Å². The van der Waals surface area contributed by atoms with Crippen LogP contribution in [-0.2, 0) is 0 Å². The summed E-state index contributed by atoms with van der Waals surface area (Å²) >= 11 is 0. The Labute approximate surface area is 109 Å². The molecule has 3 nitrogen and oxygen atoms in total. The molecule has 0 fully saturated rings. The molecule has 0 saturated carbocycles. The van der Waals surface area contributed by atoms with Crippen molar-refractivity contribution < 1.29 is 9.90 Å². The van der Waals surface area contributed by atoms with E-state index < -0.39 is 5.97 Å². The predicted octanol–water partition coefficient (Wildman–Crippen LogP) is 4.16. The maximum absolute atomic E-state index is 10.8. The number of rotatable bonds is 9. The summed E-state index contributed by atoms with van der Waals surface area (Å²) in [5, 5.41) is 12.1. The smallest absolute Gasteiger partial charge is 0.335 e. The first-order chi connectivity index (χ1) is 8.74. The molecule has 0 heterocycles. The zero-order valence-corrected chi connectivity index (χ0v) is 11.1. The Morgan fingerprint density at radius 2 is 1.89 bits per heavy atom. The lowest BCUT2D eigenvalue weighted by molar-refractivity contribution is 0.0697. The third kappa shape index (κ3) is 5.71. The van der Waals surface area contributed by atoms with Crippen molar-refractivity contribution in [1.82, 2.24) is 0 Å². The number of carbonyl (C=O) groups is 1. The van der Waals surface area contributed by atoms with E-state index in [1.54, 1.807) is 18.2 Å². The highest BCUT2D eigenvalue weighted by Crippen LogP contribution is 2.11. The van der Waals surface area contributed by atoms with E-state index in [1.165, 1.54) is 32.1 Å². The number of hydrogen-bond acceptors (Lipinski definition) is 2. The van der Waals surface area contributed by atoms with Gasteiger partial charge in [0.1, 0.15) is 0 Å². The normalized spacial score (nSPS) is 10.3. The highest BCUT2D eigenvalue weighted by molar-refractivity contribution is 5.88. The molecule has 0 bridgehead atoms. The van der Waals surface area contributed by atoms with Crippen molar-refractivity contribution in [2.45, 2.75) is 45.4 Å². The van der Waals surface area contributed by atoms with Crippen molar-refractivity contribution in [1.29, 1.82) is 0 Å². The number of carboxylic acids is 1. The molecule has 0 aliphatic carbocycles. The summed E-state index contributed by atoms with van der Waals surface area (Å²) in [5.74, 6) is -0.877. The van der Waals surface area contributed by atoms with E-state index in [4.69, 9.17) is 5.11 Å². The first-order valence-corrected chi connectivity index (χ1v) is 6.81. The second kappa shape index (κ2) is 8.56. The summed E-state index contributed by atoms with van der Waals surface area (Å²) in [7, 11) is 0. The predicted molar refractivity (Wildman–Crippen MR) is 75.3 cm³/mol. The van der Waals surface area contributed by atoms with Gasteiger partial charge in [0.25, 0.3) is 0 Å². The number of benzene rings is 1. The van der Waals surface area contributed by atoms with E-state index in [1.807, 2.05) is 6.07 Å². The molecule has 3 heteroatoms. The molecule has 18 heavy (non-hydrogen) atoms. The minimum Gasteiger partial charge on any atom is -0.478 e. The Kier molecular flexibility index (Phi) is 6.92. The van der Waals surface area contributed by atoms with Gasteiger partial charge in [0.05, 0.1) is 5.56 Å². The van der Waals surface area contributed by atoms with E-state index in [0.29, 0.717) is 5.56 Å². The lowest BCUT2D eigenvalue weighted by atomic mass is 10.1. The standard InChI is InChI=1S/C15H23NO2/c1-2-3-4-5-6-7-11-16-14-10-8-9-13(12-14)15(17)18/h8-10,12,16H,2-7,11H2,1H3,(H,17,18). The molecule has 2 N–H and O–H groups in total. The minimum absolute atomic E-state index is 0.336. The summed E-state index contributed by atoms with van der Waals surface area (Å²) in [5.41, 5.74) is 1.23. The molecule has 0 aliphatic rings. The van der Waals surface area contributed by atoms with Gasteiger partial charge < -0.3 is 10.4 Å². The van der Waals surface area contributed by atoms with Crippen molar-refractivity contribution >= 4 is 11.7 Å². The summed E-state index contributed by atoms with van der Waals surface area (Å²) < 4.78 is 0. The largest absolute Gasteiger partial charge is 0.478 e. The van der Waals surface area contributed by atoms with Crippen LogP contribution in [-0.4, -0.2) is 17.6 Å². The molecule has 0 saturated heterocycles. The number of nitrogens with one attached hydrogen (secondary N) is 1. The van der Waals surface area contributed by atoms with Crippen LogP contribution >= 0.6 is 0 Å². The molecule has 0 unspecified atom stereocenters. The molecule has 1 aromatic carbocycles. The number of unbranched alkanes of at least 4 members (excludes halogenated alkanes) is 5. The van der Waals surface area contributed by atoms with Crippen LogP contribution in [0.5, 0.6) is 0 Å². The molecule has 1 rings (SSSR count). The molecule has 0 spiro atoms. The zero-order valence-electron chi connectivity index (χ0n) is 11.1. The van der Waals surface area contributed by atoms with Gasteiger partial charge in [0, 0.05) is 12.2 Å². The van der Waals surface area contributed by atoms with Crippen LogP contribution in [0.25, 0.3) is 0 Å². The van der Waals surface area contributed by atoms with Crippen LogP contribution in [0.4, 0.5) is 5.69 Å². The summed E-state index contributed by atoms with van der Waals surface area (Å²) in [6, 6.07) is 6.97. The number of carboxylic acid groups (broad SMARTS) is 1. The molecule has 0 amide bonds. The van der Waals surface area contributed by atoms with Gasteiger partial charge in [-0.1, -0.05) is 45.1 Å². The fraction of sp³-hybridized carbons (Fsp3) is 0.533. The SMILES string of the molecule is CCCCCCCCNc1cccc(C(=O)O)c1. The first kappa shape index (κ1) is 14.6. The molecular weight excluding hydrogens is 226 g/mol. The molecule has 100 valence electrons. The fourth-order valence-corrected chi connectivity index (χ4v) is 1.90. The van der Waals surface area contributed by atoms with Crippen LogP contribution in [0, 0.1) is 0 Å². The van der Waals surface area contributed by atoms with Crippen LogP contribution in [0.3, 0.4) is 0 Å². The van der Waals surface area contributed by atoms with Crippen LogP contribution in [0.1, 0.15) is 55.8 Å². The second-order valence-corrected chi connectivity index (χ2v) is 4.58. The van der Waals surface area contributed by atoms with Gasteiger partial charge in [-0.25, -0.2) is 4.79 Å². The van der Waals surface area contributed by atoms with Gasteiger partial charge in [-0.05, 0) is 24.6 Å².